The summed E-state index contributed by atoms with van der Waals surface area (Å²) in [6.45, 7) is 2.01. The standard InChI is InChI=1S/C27H30F3N7O/c1-37-16-19(14-34-37)24-15-33-27(31,21-11-20(26(28,29)30)12-23(13-21)38-2)36-25(24)35-22-5-3-17(4-6-22)18-7-9-32-10-8-18/h3-6,11-16,18,32-33H,7-10,31H2,1-2H3,(H,35,36). The average molecular weight is 526 g/mol. The summed E-state index contributed by atoms with van der Waals surface area (Å²) in [5.74, 6) is -0.746. The van der Waals surface area contributed by atoms with Crippen LogP contribution < -0.4 is 26.4 Å². The monoisotopic (exact) mass is 525 g/mol. The van der Waals surface area contributed by atoms with Gasteiger partial charge in [-0.05, 0) is 67.7 Å². The van der Waals surface area contributed by atoms with Gasteiger partial charge in [0.1, 0.15) is 11.6 Å². The number of methoxy groups -OCH3 is 1. The molecule has 1 fully saturated rings. The fourth-order valence-corrected chi connectivity index (χ4v) is 4.77. The van der Waals surface area contributed by atoms with Crippen LogP contribution in [0, 0.1) is 0 Å². The minimum Gasteiger partial charge on any atom is -0.497 e. The molecule has 3 heterocycles. The van der Waals surface area contributed by atoms with Crippen molar-refractivity contribution in [2.24, 2.45) is 17.8 Å². The fourth-order valence-electron chi connectivity index (χ4n) is 4.77. The number of nitrogens with two attached hydrogens (primary N) is 1. The van der Waals surface area contributed by atoms with Crippen molar-refractivity contribution in [3.8, 4) is 5.75 Å². The van der Waals surface area contributed by atoms with E-state index in [2.05, 4.69) is 33.2 Å². The molecular formula is C27H30F3N7O. The van der Waals surface area contributed by atoms with E-state index in [0.29, 0.717) is 17.3 Å². The van der Waals surface area contributed by atoms with Crippen molar-refractivity contribution < 1.29 is 17.9 Å². The molecular weight excluding hydrogens is 495 g/mol. The number of aliphatic imine (C=N–C) groups is 1. The van der Waals surface area contributed by atoms with Crippen LogP contribution in [0.15, 0.2) is 66.1 Å². The smallest absolute Gasteiger partial charge is 0.416 e. The molecule has 0 amide bonds. The van der Waals surface area contributed by atoms with E-state index in [0.717, 1.165) is 49.3 Å². The van der Waals surface area contributed by atoms with E-state index in [1.807, 2.05) is 18.3 Å². The maximum Gasteiger partial charge on any atom is 0.416 e. The minimum absolute atomic E-state index is 0.0293. The molecule has 5 rings (SSSR count). The van der Waals surface area contributed by atoms with Crippen LogP contribution in [0.4, 0.5) is 18.9 Å². The molecule has 0 spiro atoms. The summed E-state index contributed by atoms with van der Waals surface area (Å²) < 4.78 is 47.6. The number of rotatable bonds is 5. The molecule has 0 bridgehead atoms. The van der Waals surface area contributed by atoms with Crippen LogP contribution in [-0.2, 0) is 19.0 Å². The number of ether oxygens (including phenoxy) is 1. The number of nitrogens with zero attached hydrogens (tertiary/aromatic N) is 3. The van der Waals surface area contributed by atoms with Crippen LogP contribution in [-0.4, -0.2) is 35.8 Å². The Hall–Kier alpha value is -3.83. The quantitative estimate of drug-likeness (QED) is 0.400. The first-order chi connectivity index (χ1) is 18.1. The van der Waals surface area contributed by atoms with E-state index >= 15 is 0 Å². The number of benzene rings is 2. The molecule has 1 unspecified atom stereocenters. The van der Waals surface area contributed by atoms with Crippen molar-refractivity contribution in [2.75, 3.05) is 25.5 Å². The highest BCUT2D eigenvalue weighted by Gasteiger charge is 2.37. The Bertz CT molecular complexity index is 1360. The van der Waals surface area contributed by atoms with Gasteiger partial charge in [-0.3, -0.25) is 10.4 Å². The predicted octanol–water partition coefficient (Wildman–Crippen LogP) is 4.14. The third-order valence-corrected chi connectivity index (χ3v) is 6.89. The Kier molecular flexibility index (Phi) is 6.89. The van der Waals surface area contributed by atoms with Gasteiger partial charge in [0.05, 0.1) is 18.9 Å². The van der Waals surface area contributed by atoms with Crippen LogP contribution in [0.2, 0.25) is 0 Å². The second-order valence-corrected chi connectivity index (χ2v) is 9.55. The lowest BCUT2D eigenvalue weighted by atomic mass is 9.90. The van der Waals surface area contributed by atoms with Crippen molar-refractivity contribution >= 4 is 17.1 Å². The molecule has 1 saturated heterocycles. The topological polar surface area (TPSA) is 102 Å². The van der Waals surface area contributed by atoms with Crippen molar-refractivity contribution in [1.29, 1.82) is 0 Å². The summed E-state index contributed by atoms with van der Waals surface area (Å²) in [6.07, 6.45) is 2.75. The van der Waals surface area contributed by atoms with Crippen molar-refractivity contribution in [2.45, 2.75) is 30.7 Å². The summed E-state index contributed by atoms with van der Waals surface area (Å²) in [6, 6.07) is 11.5. The Morgan fingerprint density at radius 1 is 1.13 bits per heavy atom. The second kappa shape index (κ2) is 10.1. The molecule has 200 valence electrons. The lowest BCUT2D eigenvalue weighted by Gasteiger charge is -2.32. The molecule has 8 nitrogen and oxygen atoms in total. The number of hydrogen-bond acceptors (Lipinski definition) is 7. The van der Waals surface area contributed by atoms with Gasteiger partial charge in [0.15, 0.2) is 0 Å². The van der Waals surface area contributed by atoms with E-state index in [9.17, 15) is 13.2 Å². The van der Waals surface area contributed by atoms with Crippen LogP contribution in [0.3, 0.4) is 0 Å². The zero-order valence-electron chi connectivity index (χ0n) is 21.1. The van der Waals surface area contributed by atoms with E-state index in [1.165, 1.54) is 18.7 Å². The molecule has 1 atom stereocenters. The average Bonchev–Trinajstić information content (AvgIpc) is 3.34. The van der Waals surface area contributed by atoms with Gasteiger partial charge in [0.25, 0.3) is 0 Å². The maximum absolute atomic E-state index is 13.6. The Labute approximate surface area is 218 Å². The molecule has 0 saturated carbocycles. The molecule has 2 aliphatic heterocycles. The SMILES string of the molecule is COc1cc(C(F)(F)F)cc(C2(N)N=C(Nc3ccc(C4CCNCC4)cc3)C(c3cnn(C)c3)=CN2)c1. The zero-order chi connectivity index (χ0) is 26.9. The molecule has 38 heavy (non-hydrogen) atoms. The van der Waals surface area contributed by atoms with Crippen LogP contribution in [0.1, 0.15) is 41.0 Å². The molecule has 11 heteroatoms. The number of aryl methyl sites for hydroxylation is 1. The third-order valence-electron chi connectivity index (χ3n) is 6.89. The van der Waals surface area contributed by atoms with Crippen molar-refractivity contribution in [3.63, 3.8) is 0 Å². The van der Waals surface area contributed by atoms with E-state index in [1.54, 1.807) is 24.1 Å². The van der Waals surface area contributed by atoms with Gasteiger partial charge in [-0.25, -0.2) is 4.99 Å². The lowest BCUT2D eigenvalue weighted by Crippen LogP contribution is -2.50. The van der Waals surface area contributed by atoms with Gasteiger partial charge in [-0.2, -0.15) is 18.3 Å². The number of alkyl halides is 3. The normalized spacial score (nSPS) is 20.4. The number of hydrogen-bond donors (Lipinski definition) is 4. The summed E-state index contributed by atoms with van der Waals surface area (Å²) in [5, 5.41) is 13.9. The molecule has 0 aliphatic carbocycles. The van der Waals surface area contributed by atoms with Crippen LogP contribution in [0.25, 0.3) is 5.57 Å². The molecule has 5 N–H and O–H groups in total. The first-order valence-corrected chi connectivity index (χ1v) is 12.3. The van der Waals surface area contributed by atoms with Gasteiger partial charge in [0.2, 0.25) is 5.79 Å². The van der Waals surface area contributed by atoms with Gasteiger partial charge >= 0.3 is 6.18 Å². The molecule has 2 aromatic carbocycles. The molecule has 0 radical (unpaired) electrons. The minimum atomic E-state index is -4.58. The predicted molar refractivity (Wildman–Crippen MR) is 141 cm³/mol. The van der Waals surface area contributed by atoms with Gasteiger partial charge in [-0.1, -0.05) is 12.1 Å². The number of nitrogens with one attached hydrogen (secondary N) is 3. The Morgan fingerprint density at radius 3 is 2.50 bits per heavy atom. The molecule has 2 aliphatic rings. The maximum atomic E-state index is 13.6. The number of aromatic nitrogens is 2. The first kappa shape index (κ1) is 25.8. The fraction of sp³-hybridized carbons (Fsp3) is 0.333. The molecule has 1 aromatic heterocycles. The Morgan fingerprint density at radius 2 is 1.87 bits per heavy atom. The van der Waals surface area contributed by atoms with Gasteiger partial charge in [-0.15, -0.1) is 0 Å². The summed E-state index contributed by atoms with van der Waals surface area (Å²) in [7, 11) is 3.10. The highest BCUT2D eigenvalue weighted by atomic mass is 19.4. The van der Waals surface area contributed by atoms with Gasteiger partial charge in [0, 0.05) is 41.8 Å². The van der Waals surface area contributed by atoms with Crippen molar-refractivity contribution in [3.05, 3.63) is 83.3 Å². The van der Waals surface area contributed by atoms with E-state index < -0.39 is 17.5 Å². The Balaban J connectivity index is 1.51. The van der Waals surface area contributed by atoms with Crippen molar-refractivity contribution in [1.82, 2.24) is 20.4 Å². The van der Waals surface area contributed by atoms with E-state index in [4.69, 9.17) is 15.5 Å². The number of anilines is 1. The summed E-state index contributed by atoms with van der Waals surface area (Å²) in [5.41, 5.74) is 9.31. The third kappa shape index (κ3) is 5.39. The second-order valence-electron chi connectivity index (χ2n) is 9.55. The molecule has 3 aromatic rings. The largest absolute Gasteiger partial charge is 0.497 e. The highest BCUT2D eigenvalue weighted by Crippen LogP contribution is 2.36. The lowest BCUT2D eigenvalue weighted by molar-refractivity contribution is -0.137. The number of halogens is 3. The first-order valence-electron chi connectivity index (χ1n) is 12.3. The zero-order valence-corrected chi connectivity index (χ0v) is 21.1. The number of piperidine rings is 1. The van der Waals surface area contributed by atoms with Crippen LogP contribution >= 0.6 is 0 Å². The number of amidine groups is 1. The summed E-state index contributed by atoms with van der Waals surface area (Å²) >= 11 is 0. The highest BCUT2D eigenvalue weighted by molar-refractivity contribution is 6.28. The van der Waals surface area contributed by atoms with Gasteiger partial charge < -0.3 is 20.7 Å². The summed E-state index contributed by atoms with van der Waals surface area (Å²) in [4.78, 5) is 4.69. The van der Waals surface area contributed by atoms with E-state index in [-0.39, 0.29) is 11.3 Å². The van der Waals surface area contributed by atoms with Crippen LogP contribution in [0.5, 0.6) is 5.75 Å².